The van der Waals surface area contributed by atoms with Crippen molar-refractivity contribution in [2.45, 2.75) is 46.1 Å². The Morgan fingerprint density at radius 2 is 1.52 bits per heavy atom. The summed E-state index contributed by atoms with van der Waals surface area (Å²) in [7, 11) is -8.36. The Morgan fingerprint density at radius 3 is 1.94 bits per heavy atom. The van der Waals surface area contributed by atoms with Crippen molar-refractivity contribution in [3.05, 3.63) is 34.3 Å². The molecule has 0 atom stereocenters. The van der Waals surface area contributed by atoms with Crippen molar-refractivity contribution in [3.63, 3.8) is 0 Å². The lowest BCUT2D eigenvalue weighted by atomic mass is 10.0. The number of carbonyl (C=O) groups is 1. The quantitative estimate of drug-likeness (QED) is 0.305. The van der Waals surface area contributed by atoms with E-state index in [2.05, 4.69) is 10.5 Å². The van der Waals surface area contributed by atoms with E-state index in [9.17, 15) is 13.9 Å². The number of ketones is 1. The second-order valence-electron chi connectivity index (χ2n) is 6.62. The molecule has 0 spiro atoms. The molecule has 0 saturated carbocycles. The molecule has 12 heteroatoms. The van der Waals surface area contributed by atoms with Crippen LogP contribution in [0.2, 0.25) is 5.02 Å². The molecule has 1 aromatic carbocycles. The molecule has 0 aliphatic carbocycles. The molecule has 0 aromatic heterocycles. The van der Waals surface area contributed by atoms with Crippen LogP contribution in [0, 0.1) is 6.92 Å². The Kier molecular flexibility index (Phi) is 9.05. The molecule has 0 unspecified atom stereocenters. The molecule has 1 heterocycles. The van der Waals surface area contributed by atoms with Gasteiger partial charge in [-0.15, -0.1) is 0 Å². The highest BCUT2D eigenvalue weighted by Crippen LogP contribution is 2.78. The third kappa shape index (κ3) is 4.98. The normalized spacial score (nSPS) is 16.1. The van der Waals surface area contributed by atoms with Crippen LogP contribution in [-0.2, 0) is 27.2 Å². The van der Waals surface area contributed by atoms with Gasteiger partial charge in [0.05, 0.1) is 26.4 Å². The van der Waals surface area contributed by atoms with Crippen molar-refractivity contribution in [3.8, 4) is 0 Å². The maximum absolute atomic E-state index is 13.9. The molecule has 0 radical (unpaired) electrons. The lowest BCUT2D eigenvalue weighted by molar-refractivity contribution is 0.106. The first-order valence-corrected chi connectivity index (χ1v) is 13.5. The summed E-state index contributed by atoms with van der Waals surface area (Å²) in [5.74, 6) is -0.428. The van der Waals surface area contributed by atoms with Crippen LogP contribution in [0.15, 0.2) is 23.3 Å². The van der Waals surface area contributed by atoms with E-state index >= 15 is 0 Å². The number of benzene rings is 1. The van der Waals surface area contributed by atoms with Gasteiger partial charge in [0, 0.05) is 17.0 Å². The Balaban J connectivity index is 2.57. The molecule has 0 saturated heterocycles. The Morgan fingerprint density at radius 1 is 1.03 bits per heavy atom. The van der Waals surface area contributed by atoms with Crippen molar-refractivity contribution >= 4 is 38.3 Å². The van der Waals surface area contributed by atoms with Crippen molar-refractivity contribution in [1.29, 1.82) is 0 Å². The number of hydrogen-bond donors (Lipinski definition) is 1. The van der Waals surface area contributed by atoms with Crippen LogP contribution in [0.5, 0.6) is 0 Å². The first-order chi connectivity index (χ1) is 14.6. The largest absolute Gasteiger partial charge is 0.370 e. The summed E-state index contributed by atoms with van der Waals surface area (Å²) < 4.78 is 49.8. The predicted octanol–water partition coefficient (Wildman–Crippen LogP) is 5.37. The molecule has 1 aliphatic rings. The number of Topliss-reactive ketones (excluding diaryl/α,β-unsaturated/α-hetero) is 1. The predicted molar refractivity (Wildman–Crippen MR) is 120 cm³/mol. The molecule has 0 amide bonds. The van der Waals surface area contributed by atoms with Crippen molar-refractivity contribution < 1.29 is 32.0 Å². The smallest absolute Gasteiger partial charge is 0.307 e. The molecule has 2 rings (SSSR count). The van der Waals surface area contributed by atoms with Gasteiger partial charge in [0.1, 0.15) is 5.71 Å². The number of aryl methyl sites for hydroxylation is 1. The standard InChI is InChI=1S/C19H29ClN2O7P2/c1-6-26-30(24,27-7-2)19(31(25,28-8-3)29-9-4)13-17(21-22-19)18(23)16-11-10-15(20)12-14(16)5/h10-12,22H,6-9,13H2,1-5H3. The maximum atomic E-state index is 13.9. The number of hydrogen-bond acceptors (Lipinski definition) is 9. The molecule has 1 N–H and O–H groups in total. The van der Waals surface area contributed by atoms with Gasteiger partial charge in [-0.1, -0.05) is 11.6 Å². The van der Waals surface area contributed by atoms with Gasteiger partial charge in [-0.2, -0.15) is 5.10 Å². The fraction of sp³-hybridized carbons (Fsp3) is 0.579. The molecule has 0 fully saturated rings. The van der Waals surface area contributed by atoms with Gasteiger partial charge in [-0.25, -0.2) is 0 Å². The topological polar surface area (TPSA) is 113 Å². The van der Waals surface area contributed by atoms with E-state index in [4.69, 9.17) is 29.7 Å². The first kappa shape index (κ1) is 26.2. The Hall–Kier alpha value is -1.05. The minimum absolute atomic E-state index is 0.00434. The summed E-state index contributed by atoms with van der Waals surface area (Å²) in [5, 5.41) is 2.60. The van der Waals surface area contributed by atoms with Gasteiger partial charge in [-0.3, -0.25) is 19.4 Å². The summed E-state index contributed by atoms with van der Waals surface area (Å²) in [5.41, 5.74) is 3.65. The number of rotatable bonds is 12. The van der Waals surface area contributed by atoms with E-state index in [0.717, 1.165) is 0 Å². The van der Waals surface area contributed by atoms with Crippen LogP contribution in [-0.4, -0.2) is 42.9 Å². The van der Waals surface area contributed by atoms with Crippen molar-refractivity contribution in [1.82, 2.24) is 5.43 Å². The summed E-state index contributed by atoms with van der Waals surface area (Å²) in [6.07, 6.45) is -0.331. The van der Waals surface area contributed by atoms with Crippen LogP contribution in [0.4, 0.5) is 0 Å². The van der Waals surface area contributed by atoms with Crippen LogP contribution in [0.25, 0.3) is 0 Å². The second kappa shape index (κ2) is 10.7. The minimum Gasteiger partial charge on any atom is -0.307 e. The average molecular weight is 495 g/mol. The Bertz CT molecular complexity index is 888. The lowest BCUT2D eigenvalue weighted by Crippen LogP contribution is -2.42. The highest BCUT2D eigenvalue weighted by Gasteiger charge is 2.68. The van der Waals surface area contributed by atoms with Crippen molar-refractivity contribution in [2.75, 3.05) is 26.4 Å². The Labute approximate surface area is 187 Å². The van der Waals surface area contributed by atoms with Gasteiger partial charge >= 0.3 is 15.2 Å². The summed E-state index contributed by atoms with van der Waals surface area (Å²) in [6.45, 7) is 8.31. The number of hydrazone groups is 1. The van der Waals surface area contributed by atoms with Crippen LogP contribution >= 0.6 is 26.8 Å². The van der Waals surface area contributed by atoms with Gasteiger partial charge in [0.15, 0.2) is 0 Å². The van der Waals surface area contributed by atoms with E-state index in [1.165, 1.54) is 0 Å². The molecule has 174 valence electrons. The highest BCUT2D eigenvalue weighted by atomic mass is 35.5. The van der Waals surface area contributed by atoms with Gasteiger partial charge in [0.2, 0.25) is 5.78 Å². The minimum atomic E-state index is -4.18. The number of nitrogens with one attached hydrogen (secondary N) is 1. The van der Waals surface area contributed by atoms with Gasteiger partial charge < -0.3 is 18.1 Å². The molecule has 1 aromatic rings. The third-order valence-corrected chi connectivity index (χ3v) is 11.0. The molecule has 9 nitrogen and oxygen atoms in total. The molecular formula is C19H29ClN2O7P2. The SMILES string of the molecule is CCOP(=O)(OCC)C1(P(=O)(OCC)OCC)CC(C(=O)c2ccc(Cl)cc2C)=NN1. The maximum Gasteiger partial charge on any atom is 0.370 e. The van der Waals surface area contributed by atoms with E-state index in [-0.39, 0.29) is 38.6 Å². The monoisotopic (exact) mass is 494 g/mol. The van der Waals surface area contributed by atoms with Gasteiger partial charge in [0.25, 0.3) is 5.02 Å². The van der Waals surface area contributed by atoms with Crippen LogP contribution in [0.1, 0.15) is 50.0 Å². The molecular weight excluding hydrogens is 466 g/mol. The van der Waals surface area contributed by atoms with E-state index in [1.807, 2.05) is 0 Å². The molecule has 31 heavy (non-hydrogen) atoms. The zero-order valence-electron chi connectivity index (χ0n) is 18.3. The second-order valence-corrected chi connectivity index (χ2v) is 12.0. The summed E-state index contributed by atoms with van der Waals surface area (Å²) in [4.78, 5) is 13.2. The van der Waals surface area contributed by atoms with Crippen LogP contribution in [0.3, 0.4) is 0 Å². The summed E-state index contributed by atoms with van der Waals surface area (Å²) in [6, 6.07) is 4.83. The van der Waals surface area contributed by atoms with Gasteiger partial charge in [-0.05, 0) is 58.4 Å². The lowest BCUT2D eigenvalue weighted by Gasteiger charge is -2.38. The summed E-state index contributed by atoms with van der Waals surface area (Å²) >= 11 is 5.99. The third-order valence-electron chi connectivity index (χ3n) is 4.58. The number of nitrogens with zero attached hydrogens (tertiary/aromatic N) is 1. The zero-order chi connectivity index (χ0) is 23.3. The number of carbonyl (C=O) groups excluding carboxylic acids is 1. The fourth-order valence-electron chi connectivity index (χ4n) is 3.29. The molecule has 1 aliphatic heterocycles. The van der Waals surface area contributed by atoms with Crippen LogP contribution < -0.4 is 5.43 Å². The highest BCUT2D eigenvalue weighted by molar-refractivity contribution is 7.74. The number of halogens is 1. The van der Waals surface area contributed by atoms with Crippen molar-refractivity contribution in [2.24, 2.45) is 5.10 Å². The molecule has 0 bridgehead atoms. The first-order valence-electron chi connectivity index (χ1n) is 10.1. The zero-order valence-corrected chi connectivity index (χ0v) is 20.9. The fourth-order valence-corrected chi connectivity index (χ4v) is 8.80. The van der Waals surface area contributed by atoms with E-state index in [0.29, 0.717) is 16.1 Å². The average Bonchev–Trinajstić information content (AvgIpc) is 3.16. The van der Waals surface area contributed by atoms with E-state index in [1.54, 1.807) is 52.8 Å². The van der Waals surface area contributed by atoms with E-state index < -0.39 is 26.0 Å².